The first-order chi connectivity index (χ1) is 16.5. The quantitative estimate of drug-likeness (QED) is 0.346. The molecule has 0 radical (unpaired) electrons. The molecule has 1 saturated heterocycles. The van der Waals surface area contributed by atoms with Gasteiger partial charge < -0.3 is 19.8 Å². The highest BCUT2D eigenvalue weighted by atomic mass is 16.6. The fourth-order valence-corrected chi connectivity index (χ4v) is 4.49. The zero-order valence-electron chi connectivity index (χ0n) is 18.9. The van der Waals surface area contributed by atoms with Gasteiger partial charge >= 0.3 is 5.69 Å². The lowest BCUT2D eigenvalue weighted by Crippen LogP contribution is -2.46. The van der Waals surface area contributed by atoms with Crippen LogP contribution in [0, 0.1) is 10.1 Å². The molecule has 0 atom stereocenters. The van der Waals surface area contributed by atoms with Crippen molar-refractivity contribution in [3.05, 3.63) is 82.7 Å². The van der Waals surface area contributed by atoms with E-state index in [-0.39, 0.29) is 11.4 Å². The van der Waals surface area contributed by atoms with Gasteiger partial charge in [0.15, 0.2) is 5.75 Å². The molecule has 34 heavy (non-hydrogen) atoms. The zero-order chi connectivity index (χ0) is 23.7. The first kappa shape index (κ1) is 21.7. The second-order valence-electron chi connectivity index (χ2n) is 8.34. The zero-order valence-corrected chi connectivity index (χ0v) is 18.9. The first-order valence-electron chi connectivity index (χ1n) is 11.1. The number of imidazole rings is 1. The third kappa shape index (κ3) is 4.13. The molecule has 9 nitrogen and oxygen atoms in total. The number of nitrogen functional groups attached to an aromatic ring is 1. The number of nitro groups is 1. The summed E-state index contributed by atoms with van der Waals surface area (Å²) >= 11 is 0. The number of aromatic nitrogens is 2. The van der Waals surface area contributed by atoms with Crippen molar-refractivity contribution in [3.8, 4) is 17.0 Å². The van der Waals surface area contributed by atoms with Crippen molar-refractivity contribution < 1.29 is 9.66 Å². The lowest BCUT2D eigenvalue weighted by molar-refractivity contribution is -0.385. The van der Waals surface area contributed by atoms with Crippen molar-refractivity contribution in [2.24, 2.45) is 0 Å². The number of piperazine rings is 1. The van der Waals surface area contributed by atoms with Gasteiger partial charge in [-0.3, -0.25) is 15.0 Å². The van der Waals surface area contributed by atoms with E-state index in [1.165, 1.54) is 18.9 Å². The number of anilines is 2. The van der Waals surface area contributed by atoms with Gasteiger partial charge in [-0.05, 0) is 36.4 Å². The van der Waals surface area contributed by atoms with E-state index >= 15 is 0 Å². The molecule has 5 rings (SSSR count). The monoisotopic (exact) mass is 458 g/mol. The van der Waals surface area contributed by atoms with Crippen molar-refractivity contribution in [1.29, 1.82) is 0 Å². The van der Waals surface area contributed by atoms with Gasteiger partial charge in [0.1, 0.15) is 5.65 Å². The first-order valence-corrected chi connectivity index (χ1v) is 11.1. The summed E-state index contributed by atoms with van der Waals surface area (Å²) in [6.07, 6.45) is 1.86. The van der Waals surface area contributed by atoms with Crippen LogP contribution in [-0.2, 0) is 6.54 Å². The molecule has 0 unspecified atom stereocenters. The molecule has 0 amide bonds. The smallest absolute Gasteiger partial charge is 0.311 e. The van der Waals surface area contributed by atoms with E-state index in [4.69, 9.17) is 15.5 Å². The van der Waals surface area contributed by atoms with Crippen LogP contribution in [0.5, 0.6) is 5.75 Å². The van der Waals surface area contributed by atoms with E-state index in [1.807, 2.05) is 34.9 Å². The van der Waals surface area contributed by atoms with Crippen LogP contribution in [0.25, 0.3) is 16.9 Å². The molecule has 0 aliphatic carbocycles. The Morgan fingerprint density at radius 1 is 1.06 bits per heavy atom. The molecule has 9 heteroatoms. The highest BCUT2D eigenvalue weighted by Crippen LogP contribution is 2.34. The third-order valence-corrected chi connectivity index (χ3v) is 6.26. The topological polar surface area (TPSA) is 102 Å². The van der Waals surface area contributed by atoms with Crippen LogP contribution in [0.2, 0.25) is 0 Å². The van der Waals surface area contributed by atoms with Gasteiger partial charge in [-0.1, -0.05) is 18.2 Å². The van der Waals surface area contributed by atoms with E-state index in [2.05, 4.69) is 34.1 Å². The summed E-state index contributed by atoms with van der Waals surface area (Å²) in [7, 11) is 1.43. The van der Waals surface area contributed by atoms with Crippen LogP contribution in [0.15, 0.2) is 66.9 Å². The van der Waals surface area contributed by atoms with Gasteiger partial charge in [0.05, 0.1) is 23.4 Å². The number of fused-ring (bicyclic) bond motifs is 1. The number of hydrogen-bond acceptors (Lipinski definition) is 7. The highest BCUT2D eigenvalue weighted by Gasteiger charge is 2.24. The molecule has 0 saturated carbocycles. The second-order valence-corrected chi connectivity index (χ2v) is 8.34. The lowest BCUT2D eigenvalue weighted by Gasteiger charge is -2.36. The van der Waals surface area contributed by atoms with Gasteiger partial charge in [-0.2, -0.15) is 0 Å². The molecular formula is C25H26N6O3. The summed E-state index contributed by atoms with van der Waals surface area (Å²) in [5, 5.41) is 11.6. The number of nitrogens with zero attached hydrogens (tertiary/aromatic N) is 5. The SMILES string of the molecule is COc1ccc(-c2nc3ccc(N)cn3c2CN2CCN(c3ccccc3)CC2)cc1[N+](=O)[O-]. The van der Waals surface area contributed by atoms with Gasteiger partial charge in [0.25, 0.3) is 0 Å². The summed E-state index contributed by atoms with van der Waals surface area (Å²) in [5.41, 5.74) is 11.0. The van der Waals surface area contributed by atoms with Gasteiger partial charge in [0, 0.05) is 61.9 Å². The largest absolute Gasteiger partial charge is 0.490 e. The molecular weight excluding hydrogens is 432 g/mol. The van der Waals surface area contributed by atoms with Crippen LogP contribution in [0.4, 0.5) is 17.1 Å². The van der Waals surface area contributed by atoms with Crippen LogP contribution in [0.3, 0.4) is 0 Å². The summed E-state index contributed by atoms with van der Waals surface area (Å²) in [6.45, 7) is 4.29. The van der Waals surface area contributed by atoms with E-state index in [0.717, 1.165) is 37.5 Å². The molecule has 4 aromatic rings. The maximum Gasteiger partial charge on any atom is 0.311 e. The Labute approximate surface area is 197 Å². The lowest BCUT2D eigenvalue weighted by atomic mass is 10.1. The average molecular weight is 459 g/mol. The van der Waals surface area contributed by atoms with Crippen molar-refractivity contribution in [2.45, 2.75) is 6.54 Å². The molecule has 3 heterocycles. The van der Waals surface area contributed by atoms with Gasteiger partial charge in [0.2, 0.25) is 0 Å². The van der Waals surface area contributed by atoms with Crippen molar-refractivity contribution in [3.63, 3.8) is 0 Å². The maximum absolute atomic E-state index is 11.6. The Morgan fingerprint density at radius 3 is 2.53 bits per heavy atom. The van der Waals surface area contributed by atoms with Crippen LogP contribution in [-0.4, -0.2) is 52.5 Å². The Hall–Kier alpha value is -4.11. The van der Waals surface area contributed by atoms with Gasteiger partial charge in [-0.15, -0.1) is 0 Å². The van der Waals surface area contributed by atoms with Crippen molar-refractivity contribution in [2.75, 3.05) is 43.9 Å². The number of ether oxygens (including phenoxy) is 1. The Balaban J connectivity index is 1.48. The maximum atomic E-state index is 11.6. The van der Waals surface area contributed by atoms with Crippen molar-refractivity contribution >= 4 is 22.7 Å². The van der Waals surface area contributed by atoms with E-state index in [1.54, 1.807) is 6.07 Å². The number of benzene rings is 2. The summed E-state index contributed by atoms with van der Waals surface area (Å²) in [6, 6.07) is 19.1. The number of methoxy groups -OCH3 is 1. The molecule has 174 valence electrons. The third-order valence-electron chi connectivity index (χ3n) is 6.26. The minimum Gasteiger partial charge on any atom is -0.490 e. The standard InChI is InChI=1S/C25H26N6O3/c1-34-23-9-7-18(15-21(23)31(32)33)25-22(30-16-19(26)8-10-24(30)27-25)17-28-11-13-29(14-12-28)20-5-3-2-4-6-20/h2-10,15-16H,11-14,17,26H2,1H3. The number of nitro benzene ring substituents is 1. The minimum atomic E-state index is -0.432. The normalized spacial score (nSPS) is 14.4. The van der Waals surface area contributed by atoms with Crippen LogP contribution in [0.1, 0.15) is 5.69 Å². The molecule has 1 fully saturated rings. The molecule has 0 bridgehead atoms. The number of hydrogen-bond donors (Lipinski definition) is 1. The molecule has 0 spiro atoms. The van der Waals surface area contributed by atoms with Crippen LogP contribution >= 0.6 is 0 Å². The number of rotatable bonds is 6. The van der Waals surface area contributed by atoms with Gasteiger partial charge in [-0.25, -0.2) is 4.98 Å². The predicted octanol–water partition coefficient (Wildman–Crippen LogP) is 3.82. The van der Waals surface area contributed by atoms with E-state index in [9.17, 15) is 10.1 Å². The average Bonchev–Trinajstić information content (AvgIpc) is 3.22. The summed E-state index contributed by atoms with van der Waals surface area (Å²) in [5.74, 6) is 0.223. The van der Waals surface area contributed by atoms with E-state index < -0.39 is 4.92 Å². The predicted molar refractivity (Wildman–Crippen MR) is 132 cm³/mol. The highest BCUT2D eigenvalue weighted by molar-refractivity contribution is 5.71. The number of nitrogens with two attached hydrogens (primary N) is 1. The molecule has 2 N–H and O–H groups in total. The van der Waals surface area contributed by atoms with Crippen molar-refractivity contribution in [1.82, 2.24) is 14.3 Å². The minimum absolute atomic E-state index is 0.0843. The Morgan fingerprint density at radius 2 is 1.82 bits per heavy atom. The number of para-hydroxylation sites is 1. The molecule has 1 aliphatic heterocycles. The molecule has 2 aromatic heterocycles. The fourth-order valence-electron chi connectivity index (χ4n) is 4.49. The Kier molecular flexibility index (Phi) is 5.77. The summed E-state index contributed by atoms with van der Waals surface area (Å²) < 4.78 is 7.16. The second kappa shape index (κ2) is 9.03. The summed E-state index contributed by atoms with van der Waals surface area (Å²) in [4.78, 5) is 20.8. The van der Waals surface area contributed by atoms with Crippen LogP contribution < -0.4 is 15.4 Å². The molecule has 1 aliphatic rings. The number of pyridine rings is 1. The molecule has 2 aromatic carbocycles. The Bertz CT molecular complexity index is 1330. The fraction of sp³-hybridized carbons (Fsp3) is 0.240. The van der Waals surface area contributed by atoms with E-state index in [0.29, 0.717) is 23.5 Å².